The lowest BCUT2D eigenvalue weighted by Crippen LogP contribution is -1.86. The second-order valence-electron chi connectivity index (χ2n) is 3.53. The highest BCUT2D eigenvalue weighted by atomic mass is 16.5. The zero-order valence-corrected chi connectivity index (χ0v) is 9.03. The van der Waals surface area contributed by atoms with Gasteiger partial charge in [0.25, 0.3) is 5.89 Å². The maximum absolute atomic E-state index is 9.51. The predicted molar refractivity (Wildman–Crippen MR) is 61.2 cm³/mol. The fourth-order valence-corrected chi connectivity index (χ4v) is 1.43. The summed E-state index contributed by atoms with van der Waals surface area (Å²) in [4.78, 5) is 8.03. The van der Waals surface area contributed by atoms with E-state index in [9.17, 15) is 5.11 Å². The van der Waals surface area contributed by atoms with E-state index >= 15 is 0 Å². The molecule has 0 spiro atoms. The molecular formula is C10H8N6O2. The van der Waals surface area contributed by atoms with Crippen molar-refractivity contribution in [3.63, 3.8) is 0 Å². The molecule has 0 aliphatic carbocycles. The molecule has 2 heterocycles. The van der Waals surface area contributed by atoms with E-state index in [2.05, 4.69) is 25.3 Å². The minimum atomic E-state index is -0.0353. The van der Waals surface area contributed by atoms with Crippen molar-refractivity contribution in [3.8, 4) is 28.9 Å². The summed E-state index contributed by atoms with van der Waals surface area (Å²) in [6, 6.07) is 4.68. The fraction of sp³-hybridized carbons (Fsp3) is 0. The first-order valence-corrected chi connectivity index (χ1v) is 5.02. The smallest absolute Gasteiger partial charge is 0.258 e. The Hall–Kier alpha value is -2.90. The fourth-order valence-electron chi connectivity index (χ4n) is 1.43. The molecule has 3 aromatic rings. The molecule has 8 nitrogen and oxygen atoms in total. The van der Waals surface area contributed by atoms with E-state index in [1.165, 1.54) is 12.4 Å². The number of nitrogens with one attached hydrogen (secondary N) is 1. The molecule has 0 saturated carbocycles. The van der Waals surface area contributed by atoms with Gasteiger partial charge in [0.1, 0.15) is 12.1 Å². The largest absolute Gasteiger partial charge is 0.506 e. The minimum Gasteiger partial charge on any atom is -0.506 e. The number of rotatable bonds is 2. The molecule has 2 aromatic heterocycles. The second-order valence-corrected chi connectivity index (χ2v) is 3.53. The molecule has 3 rings (SSSR count). The molecule has 90 valence electrons. The number of hydrogen-bond donors (Lipinski definition) is 3. The van der Waals surface area contributed by atoms with Crippen LogP contribution in [0.5, 0.6) is 5.75 Å². The Balaban J connectivity index is 2.00. The first kappa shape index (κ1) is 10.3. The van der Waals surface area contributed by atoms with Crippen molar-refractivity contribution in [1.29, 1.82) is 0 Å². The first-order chi connectivity index (χ1) is 8.74. The van der Waals surface area contributed by atoms with Crippen LogP contribution in [0.15, 0.2) is 29.0 Å². The Labute approximate surface area is 100 Å². The summed E-state index contributed by atoms with van der Waals surface area (Å²) < 4.78 is 5.07. The summed E-state index contributed by atoms with van der Waals surface area (Å²) in [6.45, 7) is 0. The van der Waals surface area contributed by atoms with E-state index in [1.807, 2.05) is 0 Å². The molecular weight excluding hydrogens is 236 g/mol. The Morgan fingerprint density at radius 3 is 2.94 bits per heavy atom. The van der Waals surface area contributed by atoms with Gasteiger partial charge in [-0.25, -0.2) is 4.98 Å². The number of aromatic amines is 1. The summed E-state index contributed by atoms with van der Waals surface area (Å²) in [6.07, 6.45) is 1.35. The standard InChI is InChI=1S/C10H8N6O2/c11-6-2-1-5(3-7(6)17)10-14-9(16-18-10)8-12-4-13-15-8/h1-4,17H,11H2,(H,12,13,15). The zero-order valence-electron chi connectivity index (χ0n) is 9.03. The van der Waals surface area contributed by atoms with Crippen LogP contribution < -0.4 is 5.73 Å². The van der Waals surface area contributed by atoms with Gasteiger partial charge >= 0.3 is 0 Å². The number of aromatic hydroxyl groups is 1. The SMILES string of the molecule is Nc1ccc(-c2nc(-c3ncn[nH]3)no2)cc1O. The summed E-state index contributed by atoms with van der Waals surface area (Å²) >= 11 is 0. The predicted octanol–water partition coefficient (Wildman–Crippen LogP) is 0.809. The van der Waals surface area contributed by atoms with Gasteiger partial charge in [0.15, 0.2) is 5.82 Å². The van der Waals surface area contributed by atoms with Crippen molar-refractivity contribution >= 4 is 5.69 Å². The molecule has 0 bridgehead atoms. The summed E-state index contributed by atoms with van der Waals surface area (Å²) in [5, 5.41) is 19.6. The molecule has 0 unspecified atom stereocenters. The number of nitrogens with two attached hydrogens (primary N) is 1. The molecule has 8 heteroatoms. The van der Waals surface area contributed by atoms with Gasteiger partial charge < -0.3 is 15.4 Å². The average molecular weight is 244 g/mol. The van der Waals surface area contributed by atoms with Crippen LogP contribution in [0.3, 0.4) is 0 Å². The van der Waals surface area contributed by atoms with E-state index in [0.717, 1.165) is 0 Å². The molecule has 0 radical (unpaired) electrons. The quantitative estimate of drug-likeness (QED) is 0.449. The number of hydrogen-bond acceptors (Lipinski definition) is 7. The molecule has 4 N–H and O–H groups in total. The van der Waals surface area contributed by atoms with E-state index in [-0.39, 0.29) is 17.3 Å². The van der Waals surface area contributed by atoms with Gasteiger partial charge in [0.2, 0.25) is 5.82 Å². The average Bonchev–Trinajstić information content (AvgIpc) is 3.01. The molecule has 0 atom stereocenters. The van der Waals surface area contributed by atoms with Gasteiger partial charge in [-0.05, 0) is 18.2 Å². The third-order valence-electron chi connectivity index (χ3n) is 2.33. The molecule has 0 aliphatic rings. The Morgan fingerprint density at radius 1 is 1.33 bits per heavy atom. The van der Waals surface area contributed by atoms with Crippen LogP contribution in [0.2, 0.25) is 0 Å². The molecule has 0 saturated heterocycles. The Morgan fingerprint density at radius 2 is 2.22 bits per heavy atom. The van der Waals surface area contributed by atoms with E-state index in [1.54, 1.807) is 12.1 Å². The van der Waals surface area contributed by atoms with Gasteiger partial charge in [-0.15, -0.1) is 0 Å². The van der Waals surface area contributed by atoms with Gasteiger partial charge in [0, 0.05) is 5.56 Å². The third kappa shape index (κ3) is 1.65. The first-order valence-electron chi connectivity index (χ1n) is 5.02. The highest BCUT2D eigenvalue weighted by Gasteiger charge is 2.13. The number of nitrogen functional groups attached to an aromatic ring is 1. The lowest BCUT2D eigenvalue weighted by atomic mass is 10.2. The lowest BCUT2D eigenvalue weighted by molar-refractivity contribution is 0.431. The summed E-state index contributed by atoms with van der Waals surface area (Å²) in [5.41, 5.74) is 6.36. The van der Waals surface area contributed by atoms with Crippen molar-refractivity contribution in [2.75, 3.05) is 5.73 Å². The van der Waals surface area contributed by atoms with Crippen molar-refractivity contribution < 1.29 is 9.63 Å². The highest BCUT2D eigenvalue weighted by molar-refractivity contribution is 5.64. The topological polar surface area (TPSA) is 127 Å². The van der Waals surface area contributed by atoms with Crippen molar-refractivity contribution in [3.05, 3.63) is 24.5 Å². The van der Waals surface area contributed by atoms with Crippen LogP contribution in [0.25, 0.3) is 23.1 Å². The van der Waals surface area contributed by atoms with Crippen molar-refractivity contribution in [2.24, 2.45) is 0 Å². The van der Waals surface area contributed by atoms with Crippen LogP contribution in [-0.4, -0.2) is 30.4 Å². The van der Waals surface area contributed by atoms with Crippen LogP contribution in [0.1, 0.15) is 0 Å². The molecule has 0 amide bonds. The Bertz CT molecular complexity index is 676. The van der Waals surface area contributed by atoms with Crippen molar-refractivity contribution in [2.45, 2.75) is 0 Å². The molecule has 1 aromatic carbocycles. The number of aromatic nitrogens is 5. The van der Waals surface area contributed by atoms with Crippen LogP contribution >= 0.6 is 0 Å². The van der Waals surface area contributed by atoms with Crippen LogP contribution in [-0.2, 0) is 0 Å². The number of H-pyrrole nitrogens is 1. The molecule has 0 fully saturated rings. The highest BCUT2D eigenvalue weighted by Crippen LogP contribution is 2.27. The van der Waals surface area contributed by atoms with E-state index in [4.69, 9.17) is 10.3 Å². The normalized spacial score (nSPS) is 10.7. The van der Waals surface area contributed by atoms with Gasteiger partial charge in [0.05, 0.1) is 5.69 Å². The van der Waals surface area contributed by atoms with E-state index < -0.39 is 0 Å². The lowest BCUT2D eigenvalue weighted by Gasteiger charge is -1.99. The maximum Gasteiger partial charge on any atom is 0.258 e. The van der Waals surface area contributed by atoms with Crippen LogP contribution in [0, 0.1) is 0 Å². The second kappa shape index (κ2) is 3.84. The maximum atomic E-state index is 9.51. The molecule has 0 aliphatic heterocycles. The monoisotopic (exact) mass is 244 g/mol. The number of phenolic OH excluding ortho intramolecular Hbond substituents is 1. The third-order valence-corrected chi connectivity index (χ3v) is 2.33. The summed E-state index contributed by atoms with van der Waals surface area (Å²) in [5.74, 6) is 0.923. The van der Waals surface area contributed by atoms with Gasteiger partial charge in [-0.3, -0.25) is 5.10 Å². The number of anilines is 1. The zero-order chi connectivity index (χ0) is 12.5. The van der Waals surface area contributed by atoms with Gasteiger partial charge in [-0.2, -0.15) is 10.1 Å². The summed E-state index contributed by atoms with van der Waals surface area (Å²) in [7, 11) is 0. The van der Waals surface area contributed by atoms with Gasteiger partial charge in [-0.1, -0.05) is 5.16 Å². The minimum absolute atomic E-state index is 0.0353. The van der Waals surface area contributed by atoms with E-state index in [0.29, 0.717) is 17.2 Å². The number of phenols is 1. The number of nitrogens with zero attached hydrogens (tertiary/aromatic N) is 4. The van der Waals surface area contributed by atoms with Crippen molar-refractivity contribution in [1.82, 2.24) is 25.3 Å². The Kier molecular flexibility index (Phi) is 2.19. The molecule has 18 heavy (non-hydrogen) atoms. The van der Waals surface area contributed by atoms with Crippen LogP contribution in [0.4, 0.5) is 5.69 Å². The number of benzene rings is 1.